The highest BCUT2D eigenvalue weighted by Crippen LogP contribution is 2.22. The van der Waals surface area contributed by atoms with E-state index in [0.29, 0.717) is 10.9 Å². The van der Waals surface area contributed by atoms with Crippen LogP contribution in [0.4, 0.5) is 0 Å². The first kappa shape index (κ1) is 14.3. The Morgan fingerprint density at radius 2 is 2.30 bits per heavy atom. The Morgan fingerprint density at radius 3 is 3.00 bits per heavy atom. The molecular formula is C11H13N5O3S. The fourth-order valence-electron chi connectivity index (χ4n) is 1.56. The molecular weight excluding hydrogens is 282 g/mol. The summed E-state index contributed by atoms with van der Waals surface area (Å²) < 4.78 is 6.41. The van der Waals surface area contributed by atoms with Crippen LogP contribution in [0.15, 0.2) is 17.3 Å². The molecule has 106 valence electrons. The summed E-state index contributed by atoms with van der Waals surface area (Å²) >= 11 is 1.32. The van der Waals surface area contributed by atoms with Gasteiger partial charge < -0.3 is 9.84 Å². The third kappa shape index (κ3) is 3.67. The Hall–Kier alpha value is -2.16. The van der Waals surface area contributed by atoms with Gasteiger partial charge in [0, 0.05) is 23.6 Å². The number of aromatic nitrogens is 5. The predicted molar refractivity (Wildman–Crippen MR) is 70.5 cm³/mol. The van der Waals surface area contributed by atoms with Crippen LogP contribution in [-0.4, -0.2) is 43.4 Å². The maximum Gasteiger partial charge on any atom is 0.325 e. The molecule has 0 aromatic carbocycles. The standard InChI is InChI=1S/C11H13N5O3S/c1-7-3-9(19-2)4-8(12-7)6-20-11-13-14-15-16(11)5-10(17)18/h3-4H,5-6H2,1-2H3,(H,17,18). The van der Waals surface area contributed by atoms with Crippen LogP contribution in [0, 0.1) is 6.92 Å². The molecule has 2 rings (SSSR count). The van der Waals surface area contributed by atoms with Crippen molar-refractivity contribution in [1.82, 2.24) is 25.2 Å². The number of hydrogen-bond donors (Lipinski definition) is 1. The quantitative estimate of drug-likeness (QED) is 0.779. The first-order chi connectivity index (χ1) is 9.58. The fraction of sp³-hybridized carbons (Fsp3) is 0.364. The summed E-state index contributed by atoms with van der Waals surface area (Å²) in [6.07, 6.45) is 0. The highest BCUT2D eigenvalue weighted by molar-refractivity contribution is 7.98. The number of ether oxygens (including phenoxy) is 1. The highest BCUT2D eigenvalue weighted by Gasteiger charge is 2.11. The van der Waals surface area contributed by atoms with Crippen molar-refractivity contribution in [1.29, 1.82) is 0 Å². The number of carbonyl (C=O) groups is 1. The Labute approximate surface area is 119 Å². The molecule has 0 amide bonds. The van der Waals surface area contributed by atoms with Gasteiger partial charge in [-0.3, -0.25) is 9.78 Å². The molecule has 8 nitrogen and oxygen atoms in total. The molecule has 9 heteroatoms. The predicted octanol–water partition coefficient (Wildman–Crippen LogP) is 0.762. The van der Waals surface area contributed by atoms with E-state index in [9.17, 15) is 4.79 Å². The number of aliphatic carboxylic acids is 1. The van der Waals surface area contributed by atoms with Crippen LogP contribution in [-0.2, 0) is 17.1 Å². The SMILES string of the molecule is COc1cc(C)nc(CSc2nnnn2CC(=O)O)c1. The summed E-state index contributed by atoms with van der Waals surface area (Å²) in [5.74, 6) is 0.269. The van der Waals surface area contributed by atoms with Gasteiger partial charge in [-0.25, -0.2) is 4.68 Å². The van der Waals surface area contributed by atoms with Gasteiger partial charge in [0.1, 0.15) is 12.3 Å². The van der Waals surface area contributed by atoms with Crippen molar-refractivity contribution < 1.29 is 14.6 Å². The Kier molecular flexibility index (Phi) is 4.51. The largest absolute Gasteiger partial charge is 0.497 e. The molecule has 0 saturated carbocycles. The fourth-order valence-corrected chi connectivity index (χ4v) is 2.33. The molecule has 0 bridgehead atoms. The number of nitrogens with zero attached hydrogens (tertiary/aromatic N) is 5. The molecule has 0 spiro atoms. The second kappa shape index (κ2) is 6.33. The van der Waals surface area contributed by atoms with Gasteiger partial charge in [0.15, 0.2) is 0 Å². The van der Waals surface area contributed by atoms with Gasteiger partial charge in [0.05, 0.1) is 12.8 Å². The van der Waals surface area contributed by atoms with Crippen LogP contribution < -0.4 is 4.74 Å². The normalized spacial score (nSPS) is 10.5. The van der Waals surface area contributed by atoms with E-state index in [1.165, 1.54) is 16.4 Å². The number of carboxylic acids is 1. The van der Waals surface area contributed by atoms with Gasteiger partial charge in [-0.1, -0.05) is 11.8 Å². The number of tetrazole rings is 1. The van der Waals surface area contributed by atoms with Crippen LogP contribution in [0.5, 0.6) is 5.75 Å². The second-order valence-electron chi connectivity index (χ2n) is 3.94. The highest BCUT2D eigenvalue weighted by atomic mass is 32.2. The van der Waals surface area contributed by atoms with E-state index in [1.54, 1.807) is 7.11 Å². The number of aryl methyl sites for hydroxylation is 1. The smallest absolute Gasteiger partial charge is 0.325 e. The van der Waals surface area contributed by atoms with Gasteiger partial charge in [0.25, 0.3) is 0 Å². The molecule has 0 unspecified atom stereocenters. The zero-order valence-electron chi connectivity index (χ0n) is 11.0. The molecule has 0 aliphatic carbocycles. The van der Waals surface area contributed by atoms with Gasteiger partial charge in [-0.15, -0.1) is 5.10 Å². The number of methoxy groups -OCH3 is 1. The van der Waals surface area contributed by atoms with E-state index in [0.717, 1.165) is 17.1 Å². The molecule has 0 fully saturated rings. The van der Waals surface area contributed by atoms with Gasteiger partial charge in [0.2, 0.25) is 5.16 Å². The average Bonchev–Trinajstić information content (AvgIpc) is 2.82. The van der Waals surface area contributed by atoms with Crippen molar-refractivity contribution in [2.75, 3.05) is 7.11 Å². The second-order valence-corrected chi connectivity index (χ2v) is 4.88. The monoisotopic (exact) mass is 295 g/mol. The van der Waals surface area contributed by atoms with Crippen LogP contribution in [0.25, 0.3) is 0 Å². The zero-order chi connectivity index (χ0) is 14.5. The lowest BCUT2D eigenvalue weighted by atomic mass is 10.3. The Bertz CT molecular complexity index is 616. The lowest BCUT2D eigenvalue weighted by Crippen LogP contribution is -2.11. The van der Waals surface area contributed by atoms with Crippen LogP contribution in [0.3, 0.4) is 0 Å². The first-order valence-corrected chi connectivity index (χ1v) is 6.69. The molecule has 0 aliphatic rings. The van der Waals surface area contributed by atoms with E-state index in [4.69, 9.17) is 9.84 Å². The number of pyridine rings is 1. The average molecular weight is 295 g/mol. The molecule has 0 radical (unpaired) electrons. The molecule has 2 heterocycles. The van der Waals surface area contributed by atoms with Crippen LogP contribution in [0.1, 0.15) is 11.4 Å². The maximum absolute atomic E-state index is 10.7. The van der Waals surface area contributed by atoms with Gasteiger partial charge in [-0.05, 0) is 17.4 Å². The molecule has 0 atom stereocenters. The number of thioether (sulfide) groups is 1. The summed E-state index contributed by atoms with van der Waals surface area (Å²) in [6, 6.07) is 3.66. The van der Waals surface area contributed by atoms with Gasteiger partial charge >= 0.3 is 5.97 Å². The maximum atomic E-state index is 10.7. The van der Waals surface area contributed by atoms with Crippen LogP contribution >= 0.6 is 11.8 Å². The molecule has 0 saturated heterocycles. The van der Waals surface area contributed by atoms with E-state index < -0.39 is 5.97 Å². The van der Waals surface area contributed by atoms with Crippen molar-refractivity contribution in [2.45, 2.75) is 24.4 Å². The summed E-state index contributed by atoms with van der Waals surface area (Å²) in [6.45, 7) is 1.62. The lowest BCUT2D eigenvalue weighted by molar-refractivity contribution is -0.138. The number of carboxylic acid groups (broad SMARTS) is 1. The summed E-state index contributed by atoms with van der Waals surface area (Å²) in [7, 11) is 1.60. The van der Waals surface area contributed by atoms with Crippen molar-refractivity contribution in [3.8, 4) is 5.75 Å². The molecule has 2 aromatic rings. The van der Waals surface area contributed by atoms with Crippen molar-refractivity contribution >= 4 is 17.7 Å². The van der Waals surface area contributed by atoms with Crippen molar-refractivity contribution in [3.05, 3.63) is 23.5 Å². The van der Waals surface area contributed by atoms with Crippen LogP contribution in [0.2, 0.25) is 0 Å². The van der Waals surface area contributed by atoms with Crippen molar-refractivity contribution in [3.63, 3.8) is 0 Å². The van der Waals surface area contributed by atoms with E-state index >= 15 is 0 Å². The van der Waals surface area contributed by atoms with E-state index in [-0.39, 0.29) is 6.54 Å². The topological polar surface area (TPSA) is 103 Å². The minimum atomic E-state index is -0.991. The molecule has 20 heavy (non-hydrogen) atoms. The molecule has 2 aromatic heterocycles. The Morgan fingerprint density at radius 1 is 1.50 bits per heavy atom. The minimum absolute atomic E-state index is 0.264. The third-order valence-electron chi connectivity index (χ3n) is 2.35. The van der Waals surface area contributed by atoms with Crippen molar-refractivity contribution in [2.24, 2.45) is 0 Å². The van der Waals surface area contributed by atoms with E-state index in [1.807, 2.05) is 19.1 Å². The number of rotatable bonds is 6. The Balaban J connectivity index is 2.07. The van der Waals surface area contributed by atoms with Gasteiger partial charge in [-0.2, -0.15) is 0 Å². The number of hydrogen-bond acceptors (Lipinski definition) is 7. The summed E-state index contributed by atoms with van der Waals surface area (Å²) in [5, 5.41) is 20.1. The molecule has 1 N–H and O–H groups in total. The first-order valence-electron chi connectivity index (χ1n) is 5.71. The molecule has 0 aliphatic heterocycles. The summed E-state index contributed by atoms with van der Waals surface area (Å²) in [4.78, 5) is 15.0. The zero-order valence-corrected chi connectivity index (χ0v) is 11.8. The third-order valence-corrected chi connectivity index (χ3v) is 3.34. The minimum Gasteiger partial charge on any atom is -0.497 e. The summed E-state index contributed by atoms with van der Waals surface area (Å²) in [5.41, 5.74) is 1.67. The lowest BCUT2D eigenvalue weighted by Gasteiger charge is -2.05. The van der Waals surface area contributed by atoms with E-state index in [2.05, 4.69) is 20.5 Å².